The summed E-state index contributed by atoms with van der Waals surface area (Å²) in [5.74, 6) is 0.989. The molecule has 0 fully saturated rings. The van der Waals surface area contributed by atoms with E-state index in [1.165, 1.54) is 0 Å². The molecule has 84 valence electrons. The average molecular weight is 200 g/mol. The van der Waals surface area contributed by atoms with Crippen LogP contribution in [0.2, 0.25) is 0 Å². The largest absolute Gasteiger partial charge is 0.354 e. The Labute approximate surface area is 87.4 Å². The van der Waals surface area contributed by atoms with E-state index in [2.05, 4.69) is 33.0 Å². The number of nitrogens with two attached hydrogens (primary N) is 1. The first-order valence-electron chi connectivity index (χ1n) is 5.50. The fourth-order valence-electron chi connectivity index (χ4n) is 1.17. The zero-order valence-corrected chi connectivity index (χ0v) is 9.84. The maximum Gasteiger partial charge on any atom is 0.236 e. The lowest BCUT2D eigenvalue weighted by atomic mass is 10.0. The van der Waals surface area contributed by atoms with Crippen molar-refractivity contribution in [3.8, 4) is 0 Å². The van der Waals surface area contributed by atoms with Crippen LogP contribution < -0.4 is 11.1 Å². The molecule has 0 aromatic rings. The van der Waals surface area contributed by atoms with Crippen LogP contribution in [0.25, 0.3) is 0 Å². The van der Waals surface area contributed by atoms with Gasteiger partial charge in [0.1, 0.15) is 0 Å². The minimum atomic E-state index is -0.348. The van der Waals surface area contributed by atoms with E-state index in [0.717, 1.165) is 19.4 Å². The monoisotopic (exact) mass is 200 g/mol. The smallest absolute Gasteiger partial charge is 0.236 e. The Morgan fingerprint density at radius 2 is 1.93 bits per heavy atom. The first-order chi connectivity index (χ1) is 6.47. The van der Waals surface area contributed by atoms with Gasteiger partial charge in [-0.3, -0.25) is 4.79 Å². The highest BCUT2D eigenvalue weighted by Crippen LogP contribution is 2.03. The number of amides is 1. The van der Waals surface area contributed by atoms with Crippen LogP contribution >= 0.6 is 0 Å². The number of rotatable bonds is 6. The first kappa shape index (κ1) is 13.4. The SMILES string of the molecule is CC[C@H](C)CNC(=O)[C@@H](N)CC(C)C. The van der Waals surface area contributed by atoms with Crippen molar-refractivity contribution in [1.29, 1.82) is 0 Å². The molecule has 0 aliphatic heterocycles. The van der Waals surface area contributed by atoms with Gasteiger partial charge in [-0.1, -0.05) is 34.1 Å². The van der Waals surface area contributed by atoms with Crippen LogP contribution in [-0.2, 0) is 4.79 Å². The third-order valence-electron chi connectivity index (χ3n) is 2.38. The Hall–Kier alpha value is -0.570. The van der Waals surface area contributed by atoms with E-state index in [4.69, 9.17) is 5.73 Å². The highest BCUT2D eigenvalue weighted by molar-refractivity contribution is 5.81. The van der Waals surface area contributed by atoms with Crippen molar-refractivity contribution >= 4 is 5.91 Å². The van der Waals surface area contributed by atoms with Crippen molar-refractivity contribution in [2.24, 2.45) is 17.6 Å². The number of nitrogens with one attached hydrogen (secondary N) is 1. The molecule has 3 heteroatoms. The van der Waals surface area contributed by atoms with Gasteiger partial charge in [0.05, 0.1) is 6.04 Å². The Morgan fingerprint density at radius 1 is 1.36 bits per heavy atom. The van der Waals surface area contributed by atoms with Crippen LogP contribution in [0.5, 0.6) is 0 Å². The predicted molar refractivity (Wildman–Crippen MR) is 59.9 cm³/mol. The topological polar surface area (TPSA) is 55.1 Å². The van der Waals surface area contributed by atoms with Crippen molar-refractivity contribution in [3.63, 3.8) is 0 Å². The standard InChI is InChI=1S/C11H24N2O/c1-5-9(4)7-13-11(14)10(12)6-8(2)3/h8-10H,5-7,12H2,1-4H3,(H,13,14)/t9-,10-/m0/s1. The zero-order chi connectivity index (χ0) is 11.1. The molecule has 0 bridgehead atoms. The van der Waals surface area contributed by atoms with Crippen molar-refractivity contribution < 1.29 is 4.79 Å². The van der Waals surface area contributed by atoms with E-state index < -0.39 is 0 Å². The average Bonchev–Trinajstić information content (AvgIpc) is 2.12. The molecule has 0 radical (unpaired) electrons. The quantitative estimate of drug-likeness (QED) is 0.683. The molecule has 2 atom stereocenters. The van der Waals surface area contributed by atoms with E-state index in [9.17, 15) is 4.79 Å². The molecule has 0 aliphatic carbocycles. The minimum Gasteiger partial charge on any atom is -0.354 e. The maximum atomic E-state index is 11.5. The van der Waals surface area contributed by atoms with E-state index in [-0.39, 0.29) is 11.9 Å². The van der Waals surface area contributed by atoms with Gasteiger partial charge in [-0.05, 0) is 18.3 Å². The second-order valence-electron chi connectivity index (χ2n) is 4.49. The summed E-state index contributed by atoms with van der Waals surface area (Å²) in [7, 11) is 0. The van der Waals surface area contributed by atoms with Gasteiger partial charge in [0.2, 0.25) is 5.91 Å². The molecule has 0 aromatic heterocycles. The molecular weight excluding hydrogens is 176 g/mol. The molecule has 0 saturated heterocycles. The highest BCUT2D eigenvalue weighted by atomic mass is 16.2. The van der Waals surface area contributed by atoms with Gasteiger partial charge in [0, 0.05) is 6.54 Å². The maximum absolute atomic E-state index is 11.5. The first-order valence-corrected chi connectivity index (χ1v) is 5.50. The molecule has 0 spiro atoms. The summed E-state index contributed by atoms with van der Waals surface area (Å²) in [4.78, 5) is 11.5. The van der Waals surface area contributed by atoms with Crippen LogP contribution in [0.3, 0.4) is 0 Å². The van der Waals surface area contributed by atoms with Crippen LogP contribution in [0.4, 0.5) is 0 Å². The number of hydrogen-bond donors (Lipinski definition) is 2. The second kappa shape index (κ2) is 6.82. The fourth-order valence-corrected chi connectivity index (χ4v) is 1.17. The third kappa shape index (κ3) is 5.97. The summed E-state index contributed by atoms with van der Waals surface area (Å²) in [6.07, 6.45) is 1.84. The van der Waals surface area contributed by atoms with E-state index in [1.54, 1.807) is 0 Å². The number of carbonyl (C=O) groups is 1. The van der Waals surface area contributed by atoms with Crippen molar-refractivity contribution in [2.75, 3.05) is 6.54 Å². The van der Waals surface area contributed by atoms with Crippen LogP contribution in [0, 0.1) is 11.8 Å². The minimum absolute atomic E-state index is 0.0148. The Bertz CT molecular complexity index is 169. The molecule has 0 saturated carbocycles. The lowest BCUT2D eigenvalue weighted by Gasteiger charge is -2.16. The number of carbonyl (C=O) groups excluding carboxylic acids is 1. The molecule has 0 aromatic carbocycles. The zero-order valence-electron chi connectivity index (χ0n) is 9.84. The summed E-state index contributed by atoms with van der Waals surface area (Å²) >= 11 is 0. The van der Waals surface area contributed by atoms with Crippen LogP contribution in [0.15, 0.2) is 0 Å². The molecule has 3 nitrogen and oxygen atoms in total. The van der Waals surface area contributed by atoms with Gasteiger partial charge >= 0.3 is 0 Å². The second-order valence-corrected chi connectivity index (χ2v) is 4.49. The molecular formula is C11H24N2O. The number of hydrogen-bond acceptors (Lipinski definition) is 2. The van der Waals surface area contributed by atoms with Crippen molar-refractivity contribution in [1.82, 2.24) is 5.32 Å². The van der Waals surface area contributed by atoms with E-state index >= 15 is 0 Å². The summed E-state index contributed by atoms with van der Waals surface area (Å²) in [5.41, 5.74) is 5.73. The van der Waals surface area contributed by atoms with Crippen molar-refractivity contribution in [3.05, 3.63) is 0 Å². The summed E-state index contributed by atoms with van der Waals surface area (Å²) in [6, 6.07) is -0.348. The van der Waals surface area contributed by atoms with Crippen LogP contribution in [0.1, 0.15) is 40.5 Å². The lowest BCUT2D eigenvalue weighted by molar-refractivity contribution is -0.122. The molecule has 1 amide bonds. The van der Waals surface area contributed by atoms with Crippen molar-refractivity contribution in [2.45, 2.75) is 46.6 Å². The lowest BCUT2D eigenvalue weighted by Crippen LogP contribution is -2.42. The van der Waals surface area contributed by atoms with Gasteiger partial charge in [0.25, 0.3) is 0 Å². The predicted octanol–water partition coefficient (Wildman–Crippen LogP) is 1.52. The van der Waals surface area contributed by atoms with Gasteiger partial charge in [0.15, 0.2) is 0 Å². The summed E-state index contributed by atoms with van der Waals surface area (Å²) in [5, 5.41) is 2.87. The normalized spacial score (nSPS) is 15.3. The molecule has 0 heterocycles. The Balaban J connectivity index is 3.73. The van der Waals surface area contributed by atoms with E-state index in [1.807, 2.05) is 0 Å². The van der Waals surface area contributed by atoms with Gasteiger partial charge in [-0.2, -0.15) is 0 Å². The molecule has 0 rings (SSSR count). The summed E-state index contributed by atoms with van der Waals surface area (Å²) < 4.78 is 0. The third-order valence-corrected chi connectivity index (χ3v) is 2.38. The molecule has 14 heavy (non-hydrogen) atoms. The molecule has 0 aliphatic rings. The van der Waals surface area contributed by atoms with Gasteiger partial charge in [-0.15, -0.1) is 0 Å². The van der Waals surface area contributed by atoms with Crippen LogP contribution in [-0.4, -0.2) is 18.5 Å². The summed E-state index contributed by atoms with van der Waals surface area (Å²) in [6.45, 7) is 9.11. The highest BCUT2D eigenvalue weighted by Gasteiger charge is 2.14. The Morgan fingerprint density at radius 3 is 2.36 bits per heavy atom. The van der Waals surface area contributed by atoms with E-state index in [0.29, 0.717) is 11.8 Å². The Kier molecular flexibility index (Phi) is 6.54. The molecule has 3 N–H and O–H groups in total. The molecule has 0 unspecified atom stereocenters. The fraction of sp³-hybridized carbons (Fsp3) is 0.909. The van der Waals surface area contributed by atoms with Gasteiger partial charge < -0.3 is 11.1 Å². The van der Waals surface area contributed by atoms with Gasteiger partial charge in [-0.25, -0.2) is 0 Å².